The quantitative estimate of drug-likeness (QED) is 0.628. The van der Waals surface area contributed by atoms with E-state index in [-0.39, 0.29) is 6.10 Å². The van der Waals surface area contributed by atoms with Gasteiger partial charge in [0.25, 0.3) is 0 Å². The van der Waals surface area contributed by atoms with E-state index in [1.54, 1.807) is 0 Å². The summed E-state index contributed by atoms with van der Waals surface area (Å²) in [7, 11) is 0. The molecule has 0 heterocycles. The van der Waals surface area contributed by atoms with E-state index in [0.717, 1.165) is 12.8 Å². The number of hydrogen-bond donors (Lipinski definition) is 1. The smallest absolute Gasteiger partial charge is 0.0570 e. The van der Waals surface area contributed by atoms with Gasteiger partial charge in [0, 0.05) is 0 Å². The van der Waals surface area contributed by atoms with E-state index in [2.05, 4.69) is 27.7 Å². The van der Waals surface area contributed by atoms with Crippen molar-refractivity contribution in [3.63, 3.8) is 0 Å². The highest BCUT2D eigenvalue weighted by Gasteiger charge is 2.18. The maximum absolute atomic E-state index is 10.0. The Hall–Kier alpha value is -0.0400. The second-order valence-electron chi connectivity index (χ2n) is 4.63. The number of rotatable bonds is 8. The van der Waals surface area contributed by atoms with Crippen LogP contribution in [-0.2, 0) is 0 Å². The lowest BCUT2D eigenvalue weighted by Gasteiger charge is -2.23. The molecular weight excluding hydrogens is 172 g/mol. The molecule has 0 aromatic rings. The van der Waals surface area contributed by atoms with Gasteiger partial charge in [0.05, 0.1) is 6.10 Å². The van der Waals surface area contributed by atoms with E-state index in [1.165, 1.54) is 25.7 Å². The monoisotopic (exact) mass is 200 g/mol. The zero-order valence-electron chi connectivity index (χ0n) is 10.4. The Kier molecular flexibility index (Phi) is 8.26. The van der Waals surface area contributed by atoms with Crippen LogP contribution in [0.4, 0.5) is 0 Å². The van der Waals surface area contributed by atoms with Crippen molar-refractivity contribution in [3.8, 4) is 0 Å². The van der Waals surface area contributed by atoms with Crippen LogP contribution in [0, 0.1) is 11.8 Å². The fraction of sp³-hybridized carbons (Fsp3) is 1.00. The van der Waals surface area contributed by atoms with Crippen molar-refractivity contribution in [1.82, 2.24) is 0 Å². The first-order valence-electron chi connectivity index (χ1n) is 6.33. The molecule has 0 aromatic heterocycles. The van der Waals surface area contributed by atoms with Gasteiger partial charge in [-0.05, 0) is 24.7 Å². The molecule has 3 atom stereocenters. The van der Waals surface area contributed by atoms with Gasteiger partial charge in [-0.2, -0.15) is 0 Å². The van der Waals surface area contributed by atoms with Crippen LogP contribution in [0.1, 0.15) is 66.2 Å². The van der Waals surface area contributed by atoms with Gasteiger partial charge >= 0.3 is 0 Å². The number of aliphatic hydroxyl groups excluding tert-OH is 1. The number of hydrogen-bond acceptors (Lipinski definition) is 1. The molecule has 0 bridgehead atoms. The van der Waals surface area contributed by atoms with Gasteiger partial charge in [-0.1, -0.05) is 53.4 Å². The van der Waals surface area contributed by atoms with Gasteiger partial charge in [0.15, 0.2) is 0 Å². The molecule has 0 saturated heterocycles. The van der Waals surface area contributed by atoms with Crippen LogP contribution in [0.3, 0.4) is 0 Å². The van der Waals surface area contributed by atoms with Crippen molar-refractivity contribution in [2.75, 3.05) is 0 Å². The maximum Gasteiger partial charge on any atom is 0.0570 e. The fourth-order valence-electron chi connectivity index (χ4n) is 1.91. The molecule has 0 aliphatic carbocycles. The molecule has 1 N–H and O–H groups in total. The second-order valence-corrected chi connectivity index (χ2v) is 4.63. The standard InChI is InChI=1S/C13H28O/c1-5-8-9-12(7-3)13(14)10-11(4)6-2/h11-14H,5-10H2,1-4H3. The minimum absolute atomic E-state index is 0.0681. The molecule has 0 aliphatic rings. The molecule has 1 heteroatoms. The largest absolute Gasteiger partial charge is 0.393 e. The van der Waals surface area contributed by atoms with Crippen molar-refractivity contribution in [2.24, 2.45) is 11.8 Å². The minimum Gasteiger partial charge on any atom is -0.393 e. The van der Waals surface area contributed by atoms with Gasteiger partial charge in [-0.15, -0.1) is 0 Å². The Labute approximate surface area is 89.9 Å². The van der Waals surface area contributed by atoms with Crippen LogP contribution in [0.2, 0.25) is 0 Å². The number of aliphatic hydroxyl groups is 1. The third kappa shape index (κ3) is 5.64. The highest BCUT2D eigenvalue weighted by atomic mass is 16.3. The van der Waals surface area contributed by atoms with Gasteiger partial charge in [0.1, 0.15) is 0 Å². The summed E-state index contributed by atoms with van der Waals surface area (Å²) < 4.78 is 0. The van der Waals surface area contributed by atoms with E-state index < -0.39 is 0 Å². The molecule has 0 radical (unpaired) electrons. The lowest BCUT2D eigenvalue weighted by atomic mass is 9.87. The summed E-state index contributed by atoms with van der Waals surface area (Å²) in [6.07, 6.45) is 6.92. The average Bonchev–Trinajstić information content (AvgIpc) is 2.18. The SMILES string of the molecule is CCCCC(CC)C(O)CC(C)CC. The van der Waals surface area contributed by atoms with Crippen molar-refractivity contribution in [1.29, 1.82) is 0 Å². The average molecular weight is 200 g/mol. The predicted octanol–water partition coefficient (Wildman–Crippen LogP) is 4.00. The molecule has 0 rings (SSSR count). The molecule has 3 unspecified atom stereocenters. The molecule has 0 amide bonds. The van der Waals surface area contributed by atoms with Gasteiger partial charge < -0.3 is 5.11 Å². The van der Waals surface area contributed by atoms with Crippen LogP contribution < -0.4 is 0 Å². The first-order valence-corrected chi connectivity index (χ1v) is 6.33. The maximum atomic E-state index is 10.0. The van der Waals surface area contributed by atoms with Crippen molar-refractivity contribution < 1.29 is 5.11 Å². The summed E-state index contributed by atoms with van der Waals surface area (Å²) in [5.74, 6) is 1.20. The van der Waals surface area contributed by atoms with Gasteiger partial charge in [-0.25, -0.2) is 0 Å². The van der Waals surface area contributed by atoms with Crippen molar-refractivity contribution in [2.45, 2.75) is 72.3 Å². The zero-order valence-corrected chi connectivity index (χ0v) is 10.4. The molecule has 0 aliphatic heterocycles. The third-order valence-electron chi connectivity index (χ3n) is 3.34. The normalized spacial score (nSPS) is 17.8. The van der Waals surface area contributed by atoms with Crippen molar-refractivity contribution >= 4 is 0 Å². The Balaban J connectivity index is 3.83. The fourth-order valence-corrected chi connectivity index (χ4v) is 1.91. The molecule has 0 fully saturated rings. The van der Waals surface area contributed by atoms with Crippen molar-refractivity contribution in [3.05, 3.63) is 0 Å². The Morgan fingerprint density at radius 3 is 2.14 bits per heavy atom. The van der Waals surface area contributed by atoms with Crippen LogP contribution in [-0.4, -0.2) is 11.2 Å². The minimum atomic E-state index is -0.0681. The molecule has 0 saturated carbocycles. The topological polar surface area (TPSA) is 20.2 Å². The van der Waals surface area contributed by atoms with Crippen LogP contribution >= 0.6 is 0 Å². The van der Waals surface area contributed by atoms with E-state index in [9.17, 15) is 5.11 Å². The molecule has 14 heavy (non-hydrogen) atoms. The number of unbranched alkanes of at least 4 members (excludes halogenated alkanes) is 1. The summed E-state index contributed by atoms with van der Waals surface area (Å²) >= 11 is 0. The first kappa shape index (κ1) is 14.0. The van der Waals surface area contributed by atoms with Crippen LogP contribution in [0.5, 0.6) is 0 Å². The summed E-state index contributed by atoms with van der Waals surface area (Å²) in [4.78, 5) is 0. The lowest BCUT2D eigenvalue weighted by molar-refractivity contribution is 0.0756. The van der Waals surface area contributed by atoms with Gasteiger partial charge in [0.2, 0.25) is 0 Å². The summed E-state index contributed by atoms with van der Waals surface area (Å²) in [5, 5.41) is 10.0. The lowest BCUT2D eigenvalue weighted by Crippen LogP contribution is -2.22. The summed E-state index contributed by atoms with van der Waals surface area (Å²) in [5.41, 5.74) is 0. The summed E-state index contributed by atoms with van der Waals surface area (Å²) in [6, 6.07) is 0. The summed E-state index contributed by atoms with van der Waals surface area (Å²) in [6.45, 7) is 8.84. The molecule has 0 aromatic carbocycles. The Morgan fingerprint density at radius 1 is 1.07 bits per heavy atom. The predicted molar refractivity (Wildman–Crippen MR) is 63.4 cm³/mol. The first-order chi connectivity index (χ1) is 6.65. The van der Waals surface area contributed by atoms with E-state index in [1.807, 2.05) is 0 Å². The third-order valence-corrected chi connectivity index (χ3v) is 3.34. The van der Waals surface area contributed by atoms with E-state index >= 15 is 0 Å². The highest BCUT2D eigenvalue weighted by Crippen LogP contribution is 2.22. The highest BCUT2D eigenvalue weighted by molar-refractivity contribution is 4.70. The van der Waals surface area contributed by atoms with Crippen LogP contribution in [0.25, 0.3) is 0 Å². The molecule has 0 spiro atoms. The molecule has 86 valence electrons. The zero-order chi connectivity index (χ0) is 11.0. The van der Waals surface area contributed by atoms with E-state index in [4.69, 9.17) is 0 Å². The Bertz CT molecular complexity index is 122. The molecular formula is C13H28O. The van der Waals surface area contributed by atoms with Crippen LogP contribution in [0.15, 0.2) is 0 Å². The second kappa shape index (κ2) is 8.28. The Morgan fingerprint density at radius 2 is 1.71 bits per heavy atom. The van der Waals surface area contributed by atoms with E-state index in [0.29, 0.717) is 11.8 Å². The van der Waals surface area contributed by atoms with Gasteiger partial charge in [-0.3, -0.25) is 0 Å². The molecule has 1 nitrogen and oxygen atoms in total.